The molecule has 0 fully saturated rings. The van der Waals surface area contributed by atoms with Crippen LogP contribution in [0.1, 0.15) is 34.6 Å². The molecule has 0 aliphatic heterocycles. The largest absolute Gasteiger partial charge is 0.508 e. The molecule has 0 spiro atoms. The lowest BCUT2D eigenvalue weighted by Crippen LogP contribution is -2.00. The van der Waals surface area contributed by atoms with E-state index in [2.05, 4.69) is 6.92 Å². The lowest BCUT2D eigenvalue weighted by Gasteiger charge is -2.15. The molecule has 0 amide bonds. The Morgan fingerprint density at radius 3 is 2.67 bits per heavy atom. The standard InChI is InChI=1S/C18H20O3/c1-11-3-7-15(19)18-13(5-6-14(11)18)9-12-4-8-17(21-2)16(20)10-12/h3-4,7-8,10,13,19-20H,5-6,9H2,1-2H3/t13-/m0/s1. The molecular formula is C18H20O3. The van der Waals surface area contributed by atoms with Gasteiger partial charge in [0.25, 0.3) is 0 Å². The fourth-order valence-electron chi connectivity index (χ4n) is 3.36. The zero-order chi connectivity index (χ0) is 15.0. The van der Waals surface area contributed by atoms with Crippen LogP contribution in [0.5, 0.6) is 17.2 Å². The SMILES string of the molecule is COc1ccc(C[C@@H]2CCc3c(C)ccc(O)c32)cc1O. The van der Waals surface area contributed by atoms with E-state index in [1.807, 2.05) is 12.1 Å². The first-order chi connectivity index (χ1) is 10.1. The second kappa shape index (κ2) is 5.32. The van der Waals surface area contributed by atoms with Crippen LogP contribution in [0.25, 0.3) is 0 Å². The first-order valence-electron chi connectivity index (χ1n) is 7.27. The number of methoxy groups -OCH3 is 1. The van der Waals surface area contributed by atoms with Gasteiger partial charge < -0.3 is 14.9 Å². The summed E-state index contributed by atoms with van der Waals surface area (Å²) in [7, 11) is 1.54. The highest BCUT2D eigenvalue weighted by molar-refractivity contribution is 5.50. The highest BCUT2D eigenvalue weighted by Crippen LogP contribution is 2.42. The second-order valence-corrected chi connectivity index (χ2v) is 5.74. The van der Waals surface area contributed by atoms with Crippen molar-refractivity contribution in [3.63, 3.8) is 0 Å². The molecule has 0 aromatic heterocycles. The van der Waals surface area contributed by atoms with Gasteiger partial charge in [0, 0.05) is 5.56 Å². The van der Waals surface area contributed by atoms with Crippen LogP contribution in [0.4, 0.5) is 0 Å². The molecule has 3 rings (SSSR count). The van der Waals surface area contributed by atoms with Crippen molar-refractivity contribution in [3.05, 3.63) is 52.6 Å². The van der Waals surface area contributed by atoms with E-state index in [4.69, 9.17) is 4.74 Å². The van der Waals surface area contributed by atoms with Crippen LogP contribution in [-0.2, 0) is 12.8 Å². The Labute approximate surface area is 124 Å². The van der Waals surface area contributed by atoms with E-state index in [9.17, 15) is 10.2 Å². The van der Waals surface area contributed by atoms with Gasteiger partial charge in [0.2, 0.25) is 0 Å². The lowest BCUT2D eigenvalue weighted by molar-refractivity contribution is 0.373. The van der Waals surface area contributed by atoms with E-state index >= 15 is 0 Å². The molecule has 1 aliphatic rings. The Hall–Kier alpha value is -2.16. The van der Waals surface area contributed by atoms with Gasteiger partial charge in [0.15, 0.2) is 11.5 Å². The predicted molar refractivity (Wildman–Crippen MR) is 82.3 cm³/mol. The Morgan fingerprint density at radius 2 is 1.95 bits per heavy atom. The number of hydrogen-bond acceptors (Lipinski definition) is 3. The number of rotatable bonds is 3. The quantitative estimate of drug-likeness (QED) is 0.903. The fraction of sp³-hybridized carbons (Fsp3) is 0.333. The van der Waals surface area contributed by atoms with Crippen molar-refractivity contribution in [1.29, 1.82) is 0 Å². The van der Waals surface area contributed by atoms with Crippen LogP contribution in [-0.4, -0.2) is 17.3 Å². The second-order valence-electron chi connectivity index (χ2n) is 5.74. The summed E-state index contributed by atoms with van der Waals surface area (Å²) in [5.74, 6) is 1.37. The molecule has 3 nitrogen and oxygen atoms in total. The minimum atomic E-state index is 0.168. The van der Waals surface area contributed by atoms with E-state index in [0.29, 0.717) is 17.4 Å². The van der Waals surface area contributed by atoms with E-state index in [0.717, 1.165) is 30.4 Å². The third kappa shape index (κ3) is 2.44. The molecule has 0 saturated carbocycles. The van der Waals surface area contributed by atoms with Gasteiger partial charge >= 0.3 is 0 Å². The van der Waals surface area contributed by atoms with Crippen molar-refractivity contribution in [1.82, 2.24) is 0 Å². The van der Waals surface area contributed by atoms with Crippen LogP contribution in [0, 0.1) is 6.92 Å². The van der Waals surface area contributed by atoms with Gasteiger partial charge in [-0.05, 0) is 67.0 Å². The van der Waals surface area contributed by atoms with Crippen LogP contribution >= 0.6 is 0 Å². The molecule has 2 aromatic carbocycles. The summed E-state index contributed by atoms with van der Waals surface area (Å²) in [5.41, 5.74) is 4.69. The molecule has 0 unspecified atom stereocenters. The number of phenolic OH excluding ortho intramolecular Hbond substituents is 2. The van der Waals surface area contributed by atoms with Crippen LogP contribution in [0.3, 0.4) is 0 Å². The van der Waals surface area contributed by atoms with Crippen LogP contribution < -0.4 is 4.74 Å². The van der Waals surface area contributed by atoms with Crippen molar-refractivity contribution in [2.45, 2.75) is 32.1 Å². The summed E-state index contributed by atoms with van der Waals surface area (Å²) in [5, 5.41) is 20.1. The Kier molecular flexibility index (Phi) is 3.50. The zero-order valence-electron chi connectivity index (χ0n) is 12.4. The summed E-state index contributed by atoms with van der Waals surface area (Å²) in [6, 6.07) is 9.29. The molecule has 0 heterocycles. The van der Waals surface area contributed by atoms with E-state index in [1.165, 1.54) is 11.1 Å². The number of fused-ring (bicyclic) bond motifs is 1. The van der Waals surface area contributed by atoms with Crippen molar-refractivity contribution < 1.29 is 14.9 Å². The molecule has 110 valence electrons. The van der Waals surface area contributed by atoms with Gasteiger partial charge in [-0.15, -0.1) is 0 Å². The topological polar surface area (TPSA) is 49.7 Å². The Morgan fingerprint density at radius 1 is 1.14 bits per heavy atom. The molecule has 0 radical (unpaired) electrons. The third-order valence-corrected chi connectivity index (χ3v) is 4.44. The fourth-order valence-corrected chi connectivity index (χ4v) is 3.36. The van der Waals surface area contributed by atoms with E-state index in [1.54, 1.807) is 25.3 Å². The molecule has 2 aromatic rings. The van der Waals surface area contributed by atoms with Gasteiger partial charge in [-0.2, -0.15) is 0 Å². The van der Waals surface area contributed by atoms with Crippen molar-refractivity contribution in [2.75, 3.05) is 7.11 Å². The summed E-state index contributed by atoms with van der Waals surface area (Å²) in [6.45, 7) is 2.10. The maximum absolute atomic E-state index is 10.2. The summed E-state index contributed by atoms with van der Waals surface area (Å²) in [4.78, 5) is 0. The number of ether oxygens (including phenoxy) is 1. The average molecular weight is 284 g/mol. The van der Waals surface area contributed by atoms with Gasteiger partial charge in [0.1, 0.15) is 5.75 Å². The summed E-state index contributed by atoms with van der Waals surface area (Å²) < 4.78 is 5.07. The molecule has 1 aliphatic carbocycles. The van der Waals surface area contributed by atoms with Crippen molar-refractivity contribution >= 4 is 0 Å². The lowest BCUT2D eigenvalue weighted by atomic mass is 9.92. The number of phenols is 2. The number of aromatic hydroxyl groups is 2. The normalized spacial score (nSPS) is 16.8. The van der Waals surface area contributed by atoms with Gasteiger partial charge in [-0.1, -0.05) is 12.1 Å². The molecule has 0 bridgehead atoms. The molecular weight excluding hydrogens is 264 g/mol. The molecule has 21 heavy (non-hydrogen) atoms. The number of hydrogen-bond donors (Lipinski definition) is 2. The van der Waals surface area contributed by atoms with Gasteiger partial charge in [-0.25, -0.2) is 0 Å². The first-order valence-corrected chi connectivity index (χ1v) is 7.27. The van der Waals surface area contributed by atoms with Crippen LogP contribution in [0.15, 0.2) is 30.3 Å². The highest BCUT2D eigenvalue weighted by atomic mass is 16.5. The average Bonchev–Trinajstić information content (AvgIpc) is 2.88. The van der Waals surface area contributed by atoms with Gasteiger partial charge in [-0.3, -0.25) is 0 Å². The maximum Gasteiger partial charge on any atom is 0.160 e. The van der Waals surface area contributed by atoms with Crippen LogP contribution in [0.2, 0.25) is 0 Å². The highest BCUT2D eigenvalue weighted by Gasteiger charge is 2.27. The summed E-state index contributed by atoms with van der Waals surface area (Å²) >= 11 is 0. The monoisotopic (exact) mass is 284 g/mol. The molecule has 3 heteroatoms. The molecule has 0 saturated heterocycles. The molecule has 2 N–H and O–H groups in total. The predicted octanol–water partition coefficient (Wildman–Crippen LogP) is 3.69. The van der Waals surface area contributed by atoms with E-state index in [-0.39, 0.29) is 5.75 Å². The maximum atomic E-state index is 10.2. The first kappa shape index (κ1) is 13.8. The van der Waals surface area contributed by atoms with Crippen molar-refractivity contribution in [3.8, 4) is 17.2 Å². The number of benzene rings is 2. The minimum Gasteiger partial charge on any atom is -0.508 e. The van der Waals surface area contributed by atoms with Crippen molar-refractivity contribution in [2.24, 2.45) is 0 Å². The minimum absolute atomic E-state index is 0.168. The Balaban J connectivity index is 1.89. The Bertz CT molecular complexity index is 676. The van der Waals surface area contributed by atoms with E-state index < -0.39 is 0 Å². The zero-order valence-corrected chi connectivity index (χ0v) is 12.4. The smallest absolute Gasteiger partial charge is 0.160 e. The van der Waals surface area contributed by atoms with Gasteiger partial charge in [0.05, 0.1) is 7.11 Å². The molecule has 1 atom stereocenters. The number of aryl methyl sites for hydroxylation is 1. The third-order valence-electron chi connectivity index (χ3n) is 4.44. The summed E-state index contributed by atoms with van der Waals surface area (Å²) in [6.07, 6.45) is 2.88.